The van der Waals surface area contributed by atoms with Gasteiger partial charge in [-0.3, -0.25) is 19.3 Å². The average molecular weight is 398 g/mol. The number of nitrogens with zero attached hydrogens (tertiary/aromatic N) is 3. The molecule has 1 N–H and O–H groups in total. The lowest BCUT2D eigenvalue weighted by Gasteiger charge is -2.35. The number of hydrogen-bond donors (Lipinski definition) is 1. The van der Waals surface area contributed by atoms with Crippen molar-refractivity contribution in [2.24, 2.45) is 4.99 Å². The fourth-order valence-electron chi connectivity index (χ4n) is 2.74. The van der Waals surface area contributed by atoms with Crippen LogP contribution in [0.5, 0.6) is 0 Å². The first-order chi connectivity index (χ1) is 12.3. The monoisotopic (exact) mass is 398 g/mol. The molecule has 0 aliphatic carbocycles. The molecule has 2 amide bonds. The molecule has 0 saturated carbocycles. The number of amides is 2. The van der Waals surface area contributed by atoms with Crippen molar-refractivity contribution in [2.45, 2.75) is 25.4 Å². The Bertz CT molecular complexity index is 863. The zero-order valence-electron chi connectivity index (χ0n) is 14.0. The second-order valence-corrected chi connectivity index (χ2v) is 9.00. The van der Waals surface area contributed by atoms with E-state index in [2.05, 4.69) is 10.3 Å². The normalized spacial score (nSPS) is 23.0. The van der Waals surface area contributed by atoms with Crippen LogP contribution in [-0.2, 0) is 31.0 Å². The maximum atomic E-state index is 12.4. The molecule has 1 fully saturated rings. The molecule has 140 valence electrons. The number of carbonyl (C=O) groups is 3. The second-order valence-electron chi connectivity index (χ2n) is 5.95. The molecular weight excluding hydrogens is 380 g/mol. The minimum Gasteiger partial charge on any atom is -0.349 e. The minimum absolute atomic E-state index is 0.0583. The molecular formula is C15H18N4O5S2. The quantitative estimate of drug-likeness (QED) is 0.547. The summed E-state index contributed by atoms with van der Waals surface area (Å²) in [7, 11) is -2.35. The number of hydrogen-bond acceptors (Lipinski definition) is 7. The summed E-state index contributed by atoms with van der Waals surface area (Å²) in [6.45, 7) is 0.369. The van der Waals surface area contributed by atoms with Crippen LogP contribution < -0.4 is 5.32 Å². The molecule has 0 bridgehead atoms. The first kappa shape index (κ1) is 18.5. The van der Waals surface area contributed by atoms with Crippen LogP contribution in [0.1, 0.15) is 17.7 Å². The van der Waals surface area contributed by atoms with Gasteiger partial charge in [0.2, 0.25) is 16.0 Å². The van der Waals surface area contributed by atoms with E-state index in [1.54, 1.807) is 0 Å². The zero-order valence-corrected chi connectivity index (χ0v) is 15.7. The smallest absolute Gasteiger partial charge is 0.299 e. The lowest BCUT2D eigenvalue weighted by molar-refractivity contribution is -0.145. The van der Waals surface area contributed by atoms with Crippen molar-refractivity contribution in [1.29, 1.82) is 0 Å². The molecule has 0 aromatic carbocycles. The van der Waals surface area contributed by atoms with Gasteiger partial charge in [0, 0.05) is 18.5 Å². The highest BCUT2D eigenvalue weighted by atomic mass is 32.2. The highest BCUT2D eigenvalue weighted by molar-refractivity contribution is 7.89. The highest BCUT2D eigenvalue weighted by Crippen LogP contribution is 2.19. The lowest BCUT2D eigenvalue weighted by atomic mass is 10.1. The topological polar surface area (TPSA) is 116 Å². The molecule has 11 heteroatoms. The molecule has 9 nitrogen and oxygen atoms in total. The van der Waals surface area contributed by atoms with Crippen LogP contribution in [0, 0.1) is 0 Å². The molecule has 3 rings (SSSR count). The third-order valence-electron chi connectivity index (χ3n) is 4.15. The Kier molecular flexibility index (Phi) is 5.10. The van der Waals surface area contributed by atoms with Crippen molar-refractivity contribution in [3.05, 3.63) is 22.4 Å². The highest BCUT2D eigenvalue weighted by Gasteiger charge is 2.43. The van der Waals surface area contributed by atoms with Crippen molar-refractivity contribution in [3.8, 4) is 0 Å². The van der Waals surface area contributed by atoms with Gasteiger partial charge in [-0.05, 0) is 24.3 Å². The number of rotatable bonds is 3. The maximum absolute atomic E-state index is 12.4. The Morgan fingerprint density at radius 1 is 1.38 bits per heavy atom. The number of nitrogens with one attached hydrogen (secondary N) is 1. The Morgan fingerprint density at radius 3 is 2.81 bits per heavy atom. The van der Waals surface area contributed by atoms with Crippen molar-refractivity contribution in [2.75, 3.05) is 19.3 Å². The number of thiophene rings is 1. The molecule has 1 saturated heterocycles. The SMILES string of the molecule is CN1C(=O)C(=O)C(C(=O)NCc2cccs2)N=C1N1CCCCS1(=O)=O. The third kappa shape index (κ3) is 3.49. The van der Waals surface area contributed by atoms with Crippen LogP contribution in [-0.4, -0.2) is 66.6 Å². The van der Waals surface area contributed by atoms with E-state index in [1.165, 1.54) is 18.4 Å². The van der Waals surface area contributed by atoms with E-state index in [9.17, 15) is 22.8 Å². The van der Waals surface area contributed by atoms with Crippen LogP contribution >= 0.6 is 11.3 Å². The van der Waals surface area contributed by atoms with Gasteiger partial charge < -0.3 is 5.32 Å². The molecule has 2 aliphatic rings. The summed E-state index contributed by atoms with van der Waals surface area (Å²) in [5.41, 5.74) is 0. The van der Waals surface area contributed by atoms with E-state index in [0.29, 0.717) is 12.8 Å². The summed E-state index contributed by atoms with van der Waals surface area (Å²) >= 11 is 1.44. The zero-order chi connectivity index (χ0) is 18.9. The fraction of sp³-hybridized carbons (Fsp3) is 0.467. The number of ketones is 1. The Balaban J connectivity index is 1.86. The summed E-state index contributed by atoms with van der Waals surface area (Å²) < 4.78 is 25.6. The first-order valence-corrected chi connectivity index (χ1v) is 10.5. The number of sulfonamides is 1. The van der Waals surface area contributed by atoms with Crippen molar-refractivity contribution in [3.63, 3.8) is 0 Å². The summed E-state index contributed by atoms with van der Waals surface area (Å²) in [6, 6.07) is 2.07. The number of carbonyl (C=O) groups excluding carboxylic acids is 3. The van der Waals surface area contributed by atoms with E-state index < -0.39 is 33.7 Å². The second kappa shape index (κ2) is 7.16. The van der Waals surface area contributed by atoms with Crippen LogP contribution in [0.2, 0.25) is 0 Å². The van der Waals surface area contributed by atoms with Gasteiger partial charge in [0.1, 0.15) is 0 Å². The maximum Gasteiger partial charge on any atom is 0.299 e. The largest absolute Gasteiger partial charge is 0.349 e. The van der Waals surface area contributed by atoms with Gasteiger partial charge in [0.05, 0.1) is 12.3 Å². The van der Waals surface area contributed by atoms with Gasteiger partial charge in [0.15, 0.2) is 6.04 Å². The van der Waals surface area contributed by atoms with E-state index in [4.69, 9.17) is 0 Å². The van der Waals surface area contributed by atoms with Crippen LogP contribution in [0.25, 0.3) is 0 Å². The predicted octanol–water partition coefficient (Wildman–Crippen LogP) is -0.444. The molecule has 1 aromatic heterocycles. The lowest BCUT2D eigenvalue weighted by Crippen LogP contribution is -2.58. The van der Waals surface area contributed by atoms with Gasteiger partial charge >= 0.3 is 0 Å². The number of Topliss-reactive ketones (excluding diaryl/α,β-unsaturated/α-hetero) is 1. The van der Waals surface area contributed by atoms with Crippen LogP contribution in [0.3, 0.4) is 0 Å². The molecule has 1 aromatic rings. The van der Waals surface area contributed by atoms with E-state index >= 15 is 0 Å². The van der Waals surface area contributed by atoms with Gasteiger partial charge in [0.25, 0.3) is 17.6 Å². The summed E-state index contributed by atoms with van der Waals surface area (Å²) in [5.74, 6) is -2.89. The molecule has 1 atom stereocenters. The van der Waals surface area contributed by atoms with Crippen molar-refractivity contribution >= 4 is 44.9 Å². The van der Waals surface area contributed by atoms with E-state index in [0.717, 1.165) is 14.1 Å². The minimum atomic E-state index is -3.63. The van der Waals surface area contributed by atoms with Gasteiger partial charge in [-0.2, -0.15) is 0 Å². The molecule has 26 heavy (non-hydrogen) atoms. The van der Waals surface area contributed by atoms with Crippen LogP contribution in [0.15, 0.2) is 22.5 Å². The number of likely N-dealkylation sites (N-methyl/N-ethyl adjacent to an activating group) is 1. The molecule has 0 radical (unpaired) electrons. The average Bonchev–Trinajstić information content (AvgIpc) is 3.12. The molecule has 2 aliphatic heterocycles. The number of guanidine groups is 1. The Morgan fingerprint density at radius 2 is 2.15 bits per heavy atom. The fourth-order valence-corrected chi connectivity index (χ4v) is 5.00. The molecule has 0 spiro atoms. The summed E-state index contributed by atoms with van der Waals surface area (Å²) in [6.07, 6.45) is 1.14. The molecule has 1 unspecified atom stereocenters. The molecule has 3 heterocycles. The van der Waals surface area contributed by atoms with Crippen LogP contribution in [0.4, 0.5) is 0 Å². The van der Waals surface area contributed by atoms with Gasteiger partial charge in [-0.1, -0.05) is 6.07 Å². The third-order valence-corrected chi connectivity index (χ3v) is 6.84. The Hall–Kier alpha value is -2.27. The number of aliphatic imine (C=N–C) groups is 1. The van der Waals surface area contributed by atoms with E-state index in [-0.39, 0.29) is 24.8 Å². The Labute approximate surface area is 154 Å². The predicted molar refractivity (Wildman–Crippen MR) is 94.9 cm³/mol. The standard InChI is InChI=1S/C15H18N4O5S2/c1-18-14(22)12(20)11(13(21)16-9-10-5-4-7-25-10)17-15(18)19-6-2-3-8-26(19,23)24/h4-5,7,11H,2-3,6,8-9H2,1H3,(H,16,21). The first-order valence-electron chi connectivity index (χ1n) is 8.01. The van der Waals surface area contributed by atoms with Gasteiger partial charge in [-0.25, -0.2) is 17.7 Å². The van der Waals surface area contributed by atoms with Gasteiger partial charge in [-0.15, -0.1) is 11.3 Å². The van der Waals surface area contributed by atoms with Crippen molar-refractivity contribution in [1.82, 2.24) is 14.5 Å². The summed E-state index contributed by atoms with van der Waals surface area (Å²) in [5, 5.41) is 4.42. The van der Waals surface area contributed by atoms with Crippen molar-refractivity contribution < 1.29 is 22.8 Å². The van der Waals surface area contributed by atoms with E-state index in [1.807, 2.05) is 17.5 Å². The summed E-state index contributed by atoms with van der Waals surface area (Å²) in [4.78, 5) is 42.6.